The van der Waals surface area contributed by atoms with Crippen LogP contribution in [-0.4, -0.2) is 21.7 Å². The van der Waals surface area contributed by atoms with Gasteiger partial charge in [0.15, 0.2) is 0 Å². The Morgan fingerprint density at radius 3 is 1.71 bits per heavy atom. The number of rotatable bonds is 6. The molecule has 0 spiro atoms. The van der Waals surface area contributed by atoms with E-state index in [1.54, 1.807) is 12.1 Å². The van der Waals surface area contributed by atoms with E-state index in [9.17, 15) is 5.11 Å². The zero-order chi connectivity index (χ0) is 28.1. The van der Waals surface area contributed by atoms with Crippen molar-refractivity contribution in [1.82, 2.24) is 0 Å². The van der Waals surface area contributed by atoms with Crippen LogP contribution in [0.2, 0.25) is 36.3 Å². The lowest BCUT2D eigenvalue weighted by atomic mass is 9.97. The summed E-state index contributed by atoms with van der Waals surface area (Å²) in [5, 5.41) is 11.1. The van der Waals surface area contributed by atoms with Crippen molar-refractivity contribution in [1.29, 1.82) is 0 Å². The molecule has 1 aromatic heterocycles. The van der Waals surface area contributed by atoms with Crippen molar-refractivity contribution in [2.45, 2.75) is 77.8 Å². The van der Waals surface area contributed by atoms with Crippen LogP contribution in [0.15, 0.2) is 71.1 Å². The van der Waals surface area contributed by atoms with Crippen LogP contribution in [0.3, 0.4) is 0 Å². The Balaban J connectivity index is 1.77. The van der Waals surface area contributed by atoms with Crippen LogP contribution in [0, 0.1) is 0 Å². The summed E-state index contributed by atoms with van der Waals surface area (Å²) in [6, 6.07) is 21.7. The summed E-state index contributed by atoms with van der Waals surface area (Å²) in [6.07, 6.45) is 0. The monoisotopic (exact) mass is 546 g/mol. The molecule has 1 heterocycles. The molecule has 0 atom stereocenters. The quantitative estimate of drug-likeness (QED) is 0.244. The largest absolute Gasteiger partial charge is 0.543 e. The Labute approximate surface area is 229 Å². The molecule has 0 unspecified atom stereocenters. The molecule has 0 fully saturated rings. The summed E-state index contributed by atoms with van der Waals surface area (Å²) >= 11 is 0. The molecule has 202 valence electrons. The average Bonchev–Trinajstić information content (AvgIpc) is 3.20. The molecule has 0 radical (unpaired) electrons. The zero-order valence-electron chi connectivity index (χ0n) is 24.5. The standard InChI is InChI=1S/C32H42O4Si2/c1-31(2,3)37(7,8)35-25-16-18-29-23(19-25)20-30(34-29)27-17-15-26(36-38(9,10)32(4,5)6)21-28(27)22-11-13-24(33)14-12-22/h11-21,33H,1-10H3. The topological polar surface area (TPSA) is 51.8 Å². The zero-order valence-corrected chi connectivity index (χ0v) is 26.5. The first-order valence-corrected chi connectivity index (χ1v) is 19.1. The van der Waals surface area contributed by atoms with Gasteiger partial charge in [0.05, 0.1) is 0 Å². The number of phenolic OH excluding ortho intramolecular Hbond substituents is 1. The fourth-order valence-corrected chi connectivity index (χ4v) is 5.84. The normalized spacial score (nSPS) is 13.1. The Morgan fingerprint density at radius 1 is 0.632 bits per heavy atom. The van der Waals surface area contributed by atoms with E-state index in [4.69, 9.17) is 13.3 Å². The molecule has 1 N–H and O–H groups in total. The van der Waals surface area contributed by atoms with E-state index in [-0.39, 0.29) is 15.8 Å². The lowest BCUT2D eigenvalue weighted by Crippen LogP contribution is -2.43. The molecule has 0 bridgehead atoms. The second-order valence-electron chi connectivity index (χ2n) is 13.3. The van der Waals surface area contributed by atoms with Gasteiger partial charge in [0.2, 0.25) is 16.6 Å². The minimum Gasteiger partial charge on any atom is -0.543 e. The number of aromatic hydroxyl groups is 1. The highest BCUT2D eigenvalue weighted by molar-refractivity contribution is 6.75. The van der Waals surface area contributed by atoms with E-state index in [0.29, 0.717) is 0 Å². The van der Waals surface area contributed by atoms with Crippen molar-refractivity contribution in [2.75, 3.05) is 0 Å². The predicted molar refractivity (Wildman–Crippen MR) is 164 cm³/mol. The molecule has 3 aromatic carbocycles. The first-order valence-electron chi connectivity index (χ1n) is 13.3. The average molecular weight is 547 g/mol. The maximum Gasteiger partial charge on any atom is 0.250 e. The third kappa shape index (κ3) is 5.71. The van der Waals surface area contributed by atoms with Crippen molar-refractivity contribution >= 4 is 27.6 Å². The Kier molecular flexibility index (Phi) is 7.12. The van der Waals surface area contributed by atoms with E-state index in [1.807, 2.05) is 30.3 Å². The lowest BCUT2D eigenvalue weighted by Gasteiger charge is -2.36. The van der Waals surface area contributed by atoms with E-state index >= 15 is 0 Å². The van der Waals surface area contributed by atoms with Crippen molar-refractivity contribution in [3.63, 3.8) is 0 Å². The highest BCUT2D eigenvalue weighted by Gasteiger charge is 2.40. The van der Waals surface area contributed by atoms with Gasteiger partial charge < -0.3 is 18.4 Å². The summed E-state index contributed by atoms with van der Waals surface area (Å²) < 4.78 is 19.5. The second-order valence-corrected chi connectivity index (χ2v) is 22.7. The van der Waals surface area contributed by atoms with Gasteiger partial charge in [-0.15, -0.1) is 0 Å². The highest BCUT2D eigenvalue weighted by Crippen LogP contribution is 2.42. The lowest BCUT2D eigenvalue weighted by molar-refractivity contribution is 0.475. The predicted octanol–water partition coefficient (Wildman–Crippen LogP) is 10.2. The molecular weight excluding hydrogens is 505 g/mol. The first-order chi connectivity index (χ1) is 17.5. The first kappa shape index (κ1) is 28.1. The van der Waals surface area contributed by atoms with Crippen LogP contribution in [0.5, 0.6) is 17.2 Å². The van der Waals surface area contributed by atoms with Gasteiger partial charge in [0.25, 0.3) is 0 Å². The fraction of sp³-hybridized carbons (Fsp3) is 0.375. The third-order valence-electron chi connectivity index (χ3n) is 8.28. The molecule has 4 aromatic rings. The molecule has 0 aliphatic rings. The van der Waals surface area contributed by atoms with Crippen LogP contribution >= 0.6 is 0 Å². The summed E-state index contributed by atoms with van der Waals surface area (Å²) in [5.41, 5.74) is 3.78. The number of hydrogen-bond donors (Lipinski definition) is 1. The van der Waals surface area contributed by atoms with Crippen molar-refractivity contribution < 1.29 is 18.4 Å². The van der Waals surface area contributed by atoms with E-state index in [0.717, 1.165) is 44.9 Å². The molecule has 38 heavy (non-hydrogen) atoms. The SMILES string of the molecule is CC(C)(C)[Si](C)(C)Oc1ccc(-c2cc3cc(O[Si](C)(C)C(C)(C)C)ccc3o2)c(-c2ccc(O)cc2)c1. The summed E-state index contributed by atoms with van der Waals surface area (Å²) in [4.78, 5) is 0. The molecule has 0 saturated carbocycles. The summed E-state index contributed by atoms with van der Waals surface area (Å²) in [6.45, 7) is 22.5. The Morgan fingerprint density at radius 2 is 1.16 bits per heavy atom. The number of furan rings is 1. The molecule has 4 nitrogen and oxygen atoms in total. The Bertz CT molecular complexity index is 1440. The molecule has 0 amide bonds. The fourth-order valence-electron chi connectivity index (χ4n) is 3.79. The van der Waals surface area contributed by atoms with Crippen LogP contribution in [0.25, 0.3) is 33.4 Å². The maximum atomic E-state index is 9.89. The van der Waals surface area contributed by atoms with Gasteiger partial charge in [-0.25, -0.2) is 0 Å². The Hall–Kier alpha value is -2.97. The van der Waals surface area contributed by atoms with Gasteiger partial charge in [-0.1, -0.05) is 53.7 Å². The second kappa shape index (κ2) is 9.65. The van der Waals surface area contributed by atoms with Gasteiger partial charge in [0, 0.05) is 10.9 Å². The van der Waals surface area contributed by atoms with Gasteiger partial charge in [-0.3, -0.25) is 0 Å². The van der Waals surface area contributed by atoms with Crippen molar-refractivity contribution in [2.24, 2.45) is 0 Å². The number of phenols is 1. The van der Waals surface area contributed by atoms with Crippen molar-refractivity contribution in [3.8, 4) is 39.7 Å². The minimum absolute atomic E-state index is 0.0906. The third-order valence-corrected chi connectivity index (χ3v) is 17.0. The van der Waals surface area contributed by atoms with Crippen LogP contribution in [-0.2, 0) is 0 Å². The molecule has 6 heteroatoms. The van der Waals surface area contributed by atoms with E-state index < -0.39 is 16.6 Å². The van der Waals surface area contributed by atoms with Crippen molar-refractivity contribution in [3.05, 3.63) is 66.7 Å². The maximum absolute atomic E-state index is 9.89. The minimum atomic E-state index is -2.02. The highest BCUT2D eigenvalue weighted by atomic mass is 28.4. The van der Waals surface area contributed by atoms with Crippen LogP contribution < -0.4 is 8.85 Å². The van der Waals surface area contributed by atoms with Gasteiger partial charge in [-0.2, -0.15) is 0 Å². The summed E-state index contributed by atoms with van der Waals surface area (Å²) in [5.74, 6) is 2.76. The van der Waals surface area contributed by atoms with Gasteiger partial charge in [-0.05, 0) is 102 Å². The molecule has 0 aliphatic heterocycles. The molecule has 4 rings (SSSR count). The van der Waals surface area contributed by atoms with E-state index in [1.165, 1.54) is 0 Å². The van der Waals surface area contributed by atoms with Crippen LogP contribution in [0.1, 0.15) is 41.5 Å². The number of fused-ring (bicyclic) bond motifs is 1. The van der Waals surface area contributed by atoms with Crippen LogP contribution in [0.4, 0.5) is 0 Å². The van der Waals surface area contributed by atoms with Gasteiger partial charge >= 0.3 is 0 Å². The number of hydrogen-bond acceptors (Lipinski definition) is 4. The van der Waals surface area contributed by atoms with E-state index in [2.05, 4.69) is 92.0 Å². The summed E-state index contributed by atoms with van der Waals surface area (Å²) in [7, 11) is -3.96. The number of benzene rings is 3. The molecule has 0 aliphatic carbocycles. The van der Waals surface area contributed by atoms with Gasteiger partial charge in [0.1, 0.15) is 28.6 Å². The molecular formula is C32H42O4Si2. The molecule has 0 saturated heterocycles. The smallest absolute Gasteiger partial charge is 0.250 e.